The molecular weight excluding hydrogens is 244 g/mol. The monoisotopic (exact) mass is 262 g/mol. The molecule has 19 heavy (non-hydrogen) atoms. The van der Waals surface area contributed by atoms with E-state index in [1.165, 1.54) is 12.3 Å². The molecule has 2 N–H and O–H groups in total. The summed E-state index contributed by atoms with van der Waals surface area (Å²) in [5.41, 5.74) is 5.77. The van der Waals surface area contributed by atoms with Crippen LogP contribution in [0.4, 0.5) is 0 Å². The molecule has 0 radical (unpaired) electrons. The van der Waals surface area contributed by atoms with Gasteiger partial charge in [-0.25, -0.2) is 0 Å². The van der Waals surface area contributed by atoms with E-state index in [4.69, 9.17) is 5.73 Å². The highest BCUT2D eigenvalue weighted by atomic mass is 16.2. The fourth-order valence-corrected chi connectivity index (χ4v) is 2.27. The third kappa shape index (κ3) is 2.90. The summed E-state index contributed by atoms with van der Waals surface area (Å²) in [5, 5.41) is 0. The van der Waals surface area contributed by atoms with Crippen molar-refractivity contribution in [2.24, 2.45) is 5.73 Å². The van der Waals surface area contributed by atoms with Crippen molar-refractivity contribution in [2.45, 2.75) is 13.0 Å². The number of likely N-dealkylation sites (N-methyl/N-ethyl adjacent to an activating group) is 1. The molecule has 1 aromatic rings. The minimum absolute atomic E-state index is 0.0517. The number of pyridine rings is 1. The number of hydrogen-bond donors (Lipinski definition) is 1. The Hall–Kier alpha value is -1.95. The van der Waals surface area contributed by atoms with Crippen molar-refractivity contribution in [3.63, 3.8) is 0 Å². The van der Waals surface area contributed by atoms with Crippen molar-refractivity contribution in [3.05, 3.63) is 29.6 Å². The normalized spacial score (nSPS) is 20.3. The Labute approximate surface area is 112 Å². The van der Waals surface area contributed by atoms with Crippen LogP contribution >= 0.6 is 0 Å². The third-order valence-electron chi connectivity index (χ3n) is 3.35. The maximum atomic E-state index is 12.3. The molecule has 0 aliphatic carbocycles. The first-order valence-corrected chi connectivity index (χ1v) is 6.24. The van der Waals surface area contributed by atoms with Crippen LogP contribution in [0.15, 0.2) is 18.3 Å². The average Bonchev–Trinajstić information content (AvgIpc) is 2.38. The molecule has 0 saturated carbocycles. The predicted molar refractivity (Wildman–Crippen MR) is 70.8 cm³/mol. The van der Waals surface area contributed by atoms with Gasteiger partial charge in [0.1, 0.15) is 5.69 Å². The van der Waals surface area contributed by atoms with Crippen LogP contribution in [0.2, 0.25) is 0 Å². The topological polar surface area (TPSA) is 79.5 Å². The molecule has 1 aromatic heterocycles. The van der Waals surface area contributed by atoms with Gasteiger partial charge in [0, 0.05) is 31.9 Å². The molecule has 0 bridgehead atoms. The van der Waals surface area contributed by atoms with Crippen molar-refractivity contribution in [1.82, 2.24) is 14.8 Å². The van der Waals surface area contributed by atoms with Gasteiger partial charge in [0.25, 0.3) is 11.8 Å². The second-order valence-corrected chi connectivity index (χ2v) is 4.91. The second-order valence-electron chi connectivity index (χ2n) is 4.91. The minimum atomic E-state index is -0.591. The first kappa shape index (κ1) is 13.5. The van der Waals surface area contributed by atoms with Gasteiger partial charge in [-0.15, -0.1) is 0 Å². The van der Waals surface area contributed by atoms with Crippen molar-refractivity contribution < 1.29 is 9.59 Å². The van der Waals surface area contributed by atoms with Crippen LogP contribution < -0.4 is 5.73 Å². The number of carbonyl (C=O) groups is 2. The Kier molecular flexibility index (Phi) is 3.80. The van der Waals surface area contributed by atoms with Crippen molar-refractivity contribution in [2.75, 3.05) is 26.7 Å². The smallest absolute Gasteiger partial charge is 0.267 e. The average molecular weight is 262 g/mol. The Balaban J connectivity index is 2.13. The molecule has 1 fully saturated rings. The summed E-state index contributed by atoms with van der Waals surface area (Å²) in [6, 6.07) is 3.25. The van der Waals surface area contributed by atoms with Gasteiger partial charge in [0.15, 0.2) is 0 Å². The highest BCUT2D eigenvalue weighted by Crippen LogP contribution is 2.12. The largest absolute Gasteiger partial charge is 0.364 e. The Morgan fingerprint density at radius 2 is 2.11 bits per heavy atom. The number of carbonyl (C=O) groups excluding carboxylic acids is 2. The zero-order chi connectivity index (χ0) is 14.0. The zero-order valence-corrected chi connectivity index (χ0v) is 11.2. The van der Waals surface area contributed by atoms with E-state index in [-0.39, 0.29) is 17.6 Å². The highest BCUT2D eigenvalue weighted by molar-refractivity contribution is 5.96. The molecule has 6 nitrogen and oxygen atoms in total. The quantitative estimate of drug-likeness (QED) is 0.811. The molecule has 1 aliphatic heterocycles. The SMILES string of the molecule is CC1CN(C)CCN1C(=O)c1ccc(C(N)=O)nc1. The lowest BCUT2D eigenvalue weighted by Gasteiger charge is -2.38. The van der Waals surface area contributed by atoms with E-state index in [9.17, 15) is 9.59 Å². The van der Waals surface area contributed by atoms with Gasteiger partial charge in [0.05, 0.1) is 5.56 Å². The van der Waals surface area contributed by atoms with Crippen LogP contribution in [0.3, 0.4) is 0 Å². The van der Waals surface area contributed by atoms with Gasteiger partial charge in [-0.05, 0) is 26.1 Å². The van der Waals surface area contributed by atoms with Gasteiger partial charge < -0.3 is 15.5 Å². The lowest BCUT2D eigenvalue weighted by molar-refractivity contribution is 0.0533. The number of nitrogens with two attached hydrogens (primary N) is 1. The molecule has 102 valence electrons. The van der Waals surface area contributed by atoms with E-state index in [1.54, 1.807) is 6.07 Å². The van der Waals surface area contributed by atoms with Crippen molar-refractivity contribution in [3.8, 4) is 0 Å². The number of nitrogens with zero attached hydrogens (tertiary/aromatic N) is 3. The number of amides is 2. The highest BCUT2D eigenvalue weighted by Gasteiger charge is 2.26. The van der Waals surface area contributed by atoms with Crippen LogP contribution in [0.1, 0.15) is 27.8 Å². The Bertz CT molecular complexity index is 486. The maximum Gasteiger partial charge on any atom is 0.267 e. The fourth-order valence-electron chi connectivity index (χ4n) is 2.27. The van der Waals surface area contributed by atoms with Crippen LogP contribution in [0.25, 0.3) is 0 Å². The predicted octanol–water partition coefficient (Wildman–Crippen LogP) is -0.0434. The van der Waals surface area contributed by atoms with Gasteiger partial charge in [0.2, 0.25) is 0 Å². The Morgan fingerprint density at radius 1 is 1.37 bits per heavy atom. The summed E-state index contributed by atoms with van der Waals surface area (Å²) in [4.78, 5) is 31.2. The summed E-state index contributed by atoms with van der Waals surface area (Å²) >= 11 is 0. The summed E-state index contributed by atoms with van der Waals surface area (Å²) in [6.07, 6.45) is 1.41. The number of hydrogen-bond acceptors (Lipinski definition) is 4. The van der Waals surface area contributed by atoms with Crippen LogP contribution in [0.5, 0.6) is 0 Å². The van der Waals surface area contributed by atoms with Crippen LogP contribution in [-0.2, 0) is 0 Å². The first-order chi connectivity index (χ1) is 8.99. The summed E-state index contributed by atoms with van der Waals surface area (Å²) < 4.78 is 0. The summed E-state index contributed by atoms with van der Waals surface area (Å²) in [7, 11) is 2.04. The van der Waals surface area contributed by atoms with E-state index >= 15 is 0 Å². The lowest BCUT2D eigenvalue weighted by Crippen LogP contribution is -2.52. The molecule has 2 rings (SSSR count). The summed E-state index contributed by atoms with van der Waals surface area (Å²) in [5.74, 6) is -0.643. The molecule has 1 atom stereocenters. The minimum Gasteiger partial charge on any atom is -0.364 e. The number of aromatic nitrogens is 1. The third-order valence-corrected chi connectivity index (χ3v) is 3.35. The van der Waals surface area contributed by atoms with Gasteiger partial charge in [-0.3, -0.25) is 14.6 Å². The van der Waals surface area contributed by atoms with Crippen LogP contribution in [0, 0.1) is 0 Å². The molecule has 1 unspecified atom stereocenters. The van der Waals surface area contributed by atoms with Crippen LogP contribution in [-0.4, -0.2) is 59.3 Å². The molecular formula is C13H18N4O2. The van der Waals surface area contributed by atoms with Crippen molar-refractivity contribution in [1.29, 1.82) is 0 Å². The molecule has 1 saturated heterocycles. The van der Waals surface area contributed by atoms with Crippen molar-refractivity contribution >= 4 is 11.8 Å². The molecule has 0 aromatic carbocycles. The number of rotatable bonds is 2. The van der Waals surface area contributed by atoms with E-state index in [2.05, 4.69) is 9.88 Å². The van der Waals surface area contributed by atoms with E-state index in [0.29, 0.717) is 12.1 Å². The molecule has 2 heterocycles. The fraction of sp³-hybridized carbons (Fsp3) is 0.462. The zero-order valence-electron chi connectivity index (χ0n) is 11.2. The molecule has 0 spiro atoms. The van der Waals surface area contributed by atoms with E-state index < -0.39 is 5.91 Å². The Morgan fingerprint density at radius 3 is 2.63 bits per heavy atom. The standard InChI is InChI=1S/C13H18N4O2/c1-9-8-16(2)5-6-17(9)13(19)10-3-4-11(12(14)18)15-7-10/h3-4,7,9H,5-6,8H2,1-2H3,(H2,14,18). The lowest BCUT2D eigenvalue weighted by atomic mass is 10.1. The van der Waals surface area contributed by atoms with E-state index in [1.807, 2.05) is 18.9 Å². The number of primary amides is 1. The van der Waals surface area contributed by atoms with Gasteiger partial charge in [-0.1, -0.05) is 0 Å². The molecule has 1 aliphatic rings. The molecule has 6 heteroatoms. The number of piperazine rings is 1. The van der Waals surface area contributed by atoms with Gasteiger partial charge in [-0.2, -0.15) is 0 Å². The summed E-state index contributed by atoms with van der Waals surface area (Å²) in [6.45, 7) is 4.45. The second kappa shape index (κ2) is 5.36. The maximum absolute atomic E-state index is 12.3. The van der Waals surface area contributed by atoms with Gasteiger partial charge >= 0.3 is 0 Å². The van der Waals surface area contributed by atoms with E-state index in [0.717, 1.165) is 13.1 Å². The molecule has 2 amide bonds. The first-order valence-electron chi connectivity index (χ1n) is 6.24.